The topological polar surface area (TPSA) is 72.2 Å². The molecule has 2 aromatic carbocycles. The van der Waals surface area contributed by atoms with E-state index in [1.165, 1.54) is 6.07 Å². The molecule has 0 aliphatic rings. The molecule has 0 aliphatic heterocycles. The fourth-order valence-electron chi connectivity index (χ4n) is 1.66. The zero-order valence-corrected chi connectivity index (χ0v) is 13.0. The molecular weight excluding hydrogens is 366 g/mol. The van der Waals surface area contributed by atoms with Gasteiger partial charge in [-0.25, -0.2) is 17.2 Å². The molecule has 0 atom stereocenters. The maximum atomic E-state index is 13.5. The van der Waals surface area contributed by atoms with E-state index in [0.29, 0.717) is 10.5 Å². The summed E-state index contributed by atoms with van der Waals surface area (Å²) in [4.78, 5) is -0.0663. The maximum Gasteiger partial charge on any atom is 0.263 e. The van der Waals surface area contributed by atoms with E-state index >= 15 is 0 Å². The molecule has 4 nitrogen and oxygen atoms in total. The Bertz CT molecular complexity index is 782. The van der Waals surface area contributed by atoms with Crippen LogP contribution < -0.4 is 10.5 Å². The lowest BCUT2D eigenvalue weighted by atomic mass is 10.2. The molecule has 0 amide bonds. The predicted molar refractivity (Wildman–Crippen MR) is 79.2 cm³/mol. The predicted octanol–water partition coefficient (Wildman–Crippen LogP) is 2.99. The van der Waals surface area contributed by atoms with Crippen molar-refractivity contribution in [3.05, 3.63) is 58.1 Å². The van der Waals surface area contributed by atoms with Crippen LogP contribution in [0.1, 0.15) is 5.56 Å². The summed E-state index contributed by atoms with van der Waals surface area (Å²) in [5.74, 6) is -1.78. The first-order chi connectivity index (χ1) is 9.83. The van der Waals surface area contributed by atoms with Gasteiger partial charge in [0.15, 0.2) is 0 Å². The number of sulfonamides is 1. The third-order valence-corrected chi connectivity index (χ3v) is 5.04. The molecule has 21 heavy (non-hydrogen) atoms. The number of nitrogens with one attached hydrogen (secondary N) is 1. The molecule has 112 valence electrons. The first-order valence-corrected chi connectivity index (χ1v) is 8.07. The first kappa shape index (κ1) is 15.9. The summed E-state index contributed by atoms with van der Waals surface area (Å²) in [6.45, 7) is 0.263. The molecule has 0 aromatic heterocycles. The highest BCUT2D eigenvalue weighted by molar-refractivity contribution is 9.10. The monoisotopic (exact) mass is 376 g/mol. The molecule has 0 aliphatic carbocycles. The molecule has 0 fully saturated rings. The highest BCUT2D eigenvalue weighted by Crippen LogP contribution is 2.26. The van der Waals surface area contributed by atoms with E-state index in [4.69, 9.17) is 5.73 Å². The Labute approximate surface area is 129 Å². The Kier molecular flexibility index (Phi) is 4.60. The second-order valence-corrected chi connectivity index (χ2v) is 6.70. The van der Waals surface area contributed by atoms with E-state index in [0.717, 1.165) is 17.7 Å². The van der Waals surface area contributed by atoms with E-state index < -0.39 is 21.7 Å². The number of hydrogen-bond donors (Lipinski definition) is 2. The highest BCUT2D eigenvalue weighted by Gasteiger charge is 2.19. The van der Waals surface area contributed by atoms with Gasteiger partial charge >= 0.3 is 0 Å². The van der Waals surface area contributed by atoms with E-state index in [1.807, 2.05) is 0 Å². The molecule has 0 heterocycles. The molecule has 0 spiro atoms. The summed E-state index contributed by atoms with van der Waals surface area (Å²) in [5.41, 5.74) is 5.88. The van der Waals surface area contributed by atoms with Gasteiger partial charge in [0, 0.05) is 17.1 Å². The van der Waals surface area contributed by atoms with Crippen molar-refractivity contribution in [2.75, 3.05) is 4.72 Å². The number of nitrogens with two attached hydrogens (primary N) is 1. The van der Waals surface area contributed by atoms with Gasteiger partial charge in [-0.1, -0.05) is 6.07 Å². The van der Waals surface area contributed by atoms with E-state index in [1.54, 1.807) is 12.1 Å². The maximum absolute atomic E-state index is 13.5. The lowest BCUT2D eigenvalue weighted by Gasteiger charge is -2.11. The largest absolute Gasteiger partial charge is 0.326 e. The van der Waals surface area contributed by atoms with Crippen LogP contribution in [-0.2, 0) is 16.6 Å². The van der Waals surface area contributed by atoms with Gasteiger partial charge < -0.3 is 5.73 Å². The van der Waals surface area contributed by atoms with Gasteiger partial charge in [-0.05, 0) is 45.8 Å². The first-order valence-electron chi connectivity index (χ1n) is 5.80. The average molecular weight is 377 g/mol. The number of benzene rings is 2. The van der Waals surface area contributed by atoms with Crippen molar-refractivity contribution in [2.24, 2.45) is 5.73 Å². The molecular formula is C13H11BrF2N2O2S. The van der Waals surface area contributed by atoms with Gasteiger partial charge in [-0.15, -0.1) is 0 Å². The smallest absolute Gasteiger partial charge is 0.263 e. The minimum atomic E-state index is -4.00. The van der Waals surface area contributed by atoms with Crippen molar-refractivity contribution in [3.63, 3.8) is 0 Å². The quantitative estimate of drug-likeness (QED) is 0.861. The summed E-state index contributed by atoms with van der Waals surface area (Å²) in [7, 11) is -4.00. The van der Waals surface area contributed by atoms with Crippen LogP contribution in [0.25, 0.3) is 0 Å². The third-order valence-electron chi connectivity index (χ3n) is 2.70. The SMILES string of the molecule is NCc1ccc(S(=O)(=O)Nc2ccc(F)cc2F)c(Br)c1. The Balaban J connectivity index is 2.38. The van der Waals surface area contributed by atoms with Crippen LogP contribution in [0.3, 0.4) is 0 Å². The molecule has 2 aromatic rings. The molecule has 0 unspecified atom stereocenters. The average Bonchev–Trinajstić information content (AvgIpc) is 2.41. The second-order valence-electron chi connectivity index (χ2n) is 4.20. The van der Waals surface area contributed by atoms with Crippen LogP contribution in [0.15, 0.2) is 45.8 Å². The highest BCUT2D eigenvalue weighted by atomic mass is 79.9. The number of anilines is 1. The second kappa shape index (κ2) is 6.08. The van der Waals surface area contributed by atoms with Gasteiger partial charge in [0.05, 0.1) is 5.69 Å². The van der Waals surface area contributed by atoms with Crippen molar-refractivity contribution in [1.82, 2.24) is 0 Å². The molecule has 0 radical (unpaired) electrons. The molecule has 0 saturated carbocycles. The van der Waals surface area contributed by atoms with E-state index in [2.05, 4.69) is 20.7 Å². The van der Waals surface area contributed by atoms with Crippen LogP contribution in [0.2, 0.25) is 0 Å². The van der Waals surface area contributed by atoms with Gasteiger partial charge in [-0.2, -0.15) is 0 Å². The van der Waals surface area contributed by atoms with Crippen LogP contribution in [0, 0.1) is 11.6 Å². The van der Waals surface area contributed by atoms with Crippen LogP contribution in [0.5, 0.6) is 0 Å². The molecule has 3 N–H and O–H groups in total. The fraction of sp³-hybridized carbons (Fsp3) is 0.0769. The molecule has 0 saturated heterocycles. The van der Waals surface area contributed by atoms with Gasteiger partial charge in [0.2, 0.25) is 0 Å². The number of hydrogen-bond acceptors (Lipinski definition) is 3. The number of rotatable bonds is 4. The standard InChI is InChI=1S/C13H11BrF2N2O2S/c14-10-5-8(7-17)1-4-13(10)21(19,20)18-12-3-2-9(15)6-11(12)16/h1-6,18H,7,17H2. The fourth-order valence-corrected chi connectivity index (χ4v) is 3.85. The lowest BCUT2D eigenvalue weighted by molar-refractivity contribution is 0.582. The Morgan fingerprint density at radius 3 is 2.43 bits per heavy atom. The van der Waals surface area contributed by atoms with Gasteiger partial charge in [-0.3, -0.25) is 4.72 Å². The van der Waals surface area contributed by atoms with Crippen molar-refractivity contribution >= 4 is 31.6 Å². The summed E-state index contributed by atoms with van der Waals surface area (Å²) in [5, 5.41) is 0. The minimum absolute atomic E-state index is 0.0663. The van der Waals surface area contributed by atoms with Gasteiger partial charge in [0.1, 0.15) is 16.5 Å². The summed E-state index contributed by atoms with van der Waals surface area (Å²) >= 11 is 3.14. The molecule has 2 rings (SSSR count). The Morgan fingerprint density at radius 1 is 1.14 bits per heavy atom. The normalized spacial score (nSPS) is 11.4. The minimum Gasteiger partial charge on any atom is -0.326 e. The van der Waals surface area contributed by atoms with Crippen LogP contribution in [-0.4, -0.2) is 8.42 Å². The molecule has 0 bridgehead atoms. The Morgan fingerprint density at radius 2 is 1.86 bits per heavy atom. The van der Waals surface area contributed by atoms with Gasteiger partial charge in [0.25, 0.3) is 10.0 Å². The van der Waals surface area contributed by atoms with Crippen molar-refractivity contribution < 1.29 is 17.2 Å². The summed E-state index contributed by atoms with van der Waals surface area (Å²) in [6, 6.07) is 7.06. The zero-order chi connectivity index (χ0) is 15.6. The van der Waals surface area contributed by atoms with Crippen LogP contribution >= 0.6 is 15.9 Å². The number of halogens is 3. The van der Waals surface area contributed by atoms with E-state index in [-0.39, 0.29) is 17.1 Å². The van der Waals surface area contributed by atoms with Crippen molar-refractivity contribution in [3.8, 4) is 0 Å². The summed E-state index contributed by atoms with van der Waals surface area (Å²) < 4.78 is 53.2. The summed E-state index contributed by atoms with van der Waals surface area (Å²) in [6.07, 6.45) is 0. The van der Waals surface area contributed by atoms with E-state index in [9.17, 15) is 17.2 Å². The molecule has 8 heteroatoms. The third kappa shape index (κ3) is 3.58. The van der Waals surface area contributed by atoms with Crippen LogP contribution in [0.4, 0.5) is 14.5 Å². The zero-order valence-electron chi connectivity index (χ0n) is 10.6. The van der Waals surface area contributed by atoms with Crippen molar-refractivity contribution in [2.45, 2.75) is 11.4 Å². The Hall–Kier alpha value is -1.51. The van der Waals surface area contributed by atoms with Crippen molar-refractivity contribution in [1.29, 1.82) is 0 Å². The lowest BCUT2D eigenvalue weighted by Crippen LogP contribution is -2.15.